The molecular formula is C20H20FN3O3S. The Morgan fingerprint density at radius 3 is 2.11 bits per heavy atom. The van der Waals surface area contributed by atoms with Crippen LogP contribution in [0.25, 0.3) is 5.69 Å². The smallest absolute Gasteiger partial charge is 0.257 e. The number of anilines is 2. The van der Waals surface area contributed by atoms with Crippen molar-refractivity contribution in [1.29, 1.82) is 0 Å². The van der Waals surface area contributed by atoms with Crippen LogP contribution in [0.2, 0.25) is 0 Å². The molecule has 0 saturated carbocycles. The van der Waals surface area contributed by atoms with Crippen molar-refractivity contribution in [2.24, 2.45) is 0 Å². The first-order valence-corrected chi connectivity index (χ1v) is 10.4. The summed E-state index contributed by atoms with van der Waals surface area (Å²) in [5.41, 5.74) is 3.80. The van der Waals surface area contributed by atoms with Gasteiger partial charge in [-0.3, -0.25) is 9.52 Å². The maximum absolute atomic E-state index is 13.2. The topological polar surface area (TPSA) is 80.2 Å². The van der Waals surface area contributed by atoms with Crippen molar-refractivity contribution >= 4 is 27.3 Å². The Morgan fingerprint density at radius 2 is 1.54 bits per heavy atom. The second-order valence-corrected chi connectivity index (χ2v) is 8.25. The van der Waals surface area contributed by atoms with Crippen molar-refractivity contribution in [2.45, 2.75) is 13.8 Å². The lowest BCUT2D eigenvalue weighted by molar-refractivity contribution is 0.102. The summed E-state index contributed by atoms with van der Waals surface area (Å²) in [6.07, 6.45) is 1.07. The molecule has 0 saturated heterocycles. The van der Waals surface area contributed by atoms with Crippen LogP contribution in [0.1, 0.15) is 21.7 Å². The fourth-order valence-corrected chi connectivity index (χ4v) is 3.58. The Bertz CT molecular complexity index is 1120. The lowest BCUT2D eigenvalue weighted by atomic mass is 10.2. The van der Waals surface area contributed by atoms with E-state index in [1.807, 2.05) is 18.4 Å². The van der Waals surface area contributed by atoms with E-state index >= 15 is 0 Å². The molecule has 146 valence electrons. The number of hydrogen-bond acceptors (Lipinski definition) is 3. The van der Waals surface area contributed by atoms with Crippen LogP contribution in [-0.2, 0) is 10.0 Å². The molecule has 0 aliphatic heterocycles. The highest BCUT2D eigenvalue weighted by Crippen LogP contribution is 2.23. The van der Waals surface area contributed by atoms with Gasteiger partial charge in [0.05, 0.1) is 11.8 Å². The average Bonchev–Trinajstić information content (AvgIpc) is 2.91. The zero-order chi connectivity index (χ0) is 20.5. The normalized spacial score (nSPS) is 11.3. The molecule has 1 amide bonds. The van der Waals surface area contributed by atoms with Crippen LogP contribution >= 0.6 is 0 Å². The van der Waals surface area contributed by atoms with E-state index in [-0.39, 0.29) is 11.7 Å². The van der Waals surface area contributed by atoms with E-state index in [4.69, 9.17) is 0 Å². The van der Waals surface area contributed by atoms with E-state index in [9.17, 15) is 17.6 Å². The molecule has 0 unspecified atom stereocenters. The van der Waals surface area contributed by atoms with E-state index in [0.29, 0.717) is 16.9 Å². The Labute approximate surface area is 163 Å². The molecule has 3 aromatic rings. The zero-order valence-corrected chi connectivity index (χ0v) is 16.5. The number of aromatic nitrogens is 1. The number of nitrogens with one attached hydrogen (secondary N) is 2. The van der Waals surface area contributed by atoms with Crippen LogP contribution < -0.4 is 10.0 Å². The SMILES string of the molecule is Cc1cc(C(=O)Nc2ccc(NS(C)(=O)=O)cc2)c(C)n1-c1ccc(F)cc1. The maximum atomic E-state index is 13.2. The molecule has 2 aromatic carbocycles. The van der Waals surface area contributed by atoms with Crippen molar-refractivity contribution in [3.05, 3.63) is 77.4 Å². The molecule has 6 nitrogen and oxygen atoms in total. The first-order valence-electron chi connectivity index (χ1n) is 8.48. The molecule has 8 heteroatoms. The Balaban J connectivity index is 1.82. The van der Waals surface area contributed by atoms with Gasteiger partial charge in [0.2, 0.25) is 10.0 Å². The van der Waals surface area contributed by atoms with Crippen LogP contribution in [0, 0.1) is 19.7 Å². The van der Waals surface area contributed by atoms with Crippen LogP contribution in [0.5, 0.6) is 0 Å². The number of nitrogens with zero attached hydrogens (tertiary/aromatic N) is 1. The second kappa shape index (κ2) is 7.47. The monoisotopic (exact) mass is 401 g/mol. The molecule has 28 heavy (non-hydrogen) atoms. The van der Waals surface area contributed by atoms with Gasteiger partial charge in [-0.25, -0.2) is 12.8 Å². The largest absolute Gasteiger partial charge is 0.322 e. The van der Waals surface area contributed by atoms with Crippen molar-refractivity contribution in [3.8, 4) is 5.69 Å². The van der Waals surface area contributed by atoms with E-state index in [0.717, 1.165) is 23.3 Å². The number of aryl methyl sites for hydroxylation is 1. The molecule has 3 rings (SSSR count). The van der Waals surface area contributed by atoms with Gasteiger partial charge in [0.15, 0.2) is 0 Å². The summed E-state index contributed by atoms with van der Waals surface area (Å²) in [6.45, 7) is 3.70. The van der Waals surface area contributed by atoms with E-state index < -0.39 is 10.0 Å². The molecule has 0 radical (unpaired) electrons. The minimum absolute atomic E-state index is 0.287. The summed E-state index contributed by atoms with van der Waals surface area (Å²) in [7, 11) is -3.36. The van der Waals surface area contributed by atoms with Gasteiger partial charge >= 0.3 is 0 Å². The first kappa shape index (κ1) is 19.6. The highest BCUT2D eigenvalue weighted by Gasteiger charge is 2.17. The highest BCUT2D eigenvalue weighted by molar-refractivity contribution is 7.92. The molecule has 2 N–H and O–H groups in total. The van der Waals surface area contributed by atoms with Gasteiger partial charge in [-0.05, 0) is 68.4 Å². The fraction of sp³-hybridized carbons (Fsp3) is 0.150. The number of benzene rings is 2. The molecule has 0 atom stereocenters. The Kier molecular flexibility index (Phi) is 5.24. The van der Waals surface area contributed by atoms with Gasteiger partial charge in [0.1, 0.15) is 5.82 Å². The summed E-state index contributed by atoms with van der Waals surface area (Å²) in [4.78, 5) is 12.7. The van der Waals surface area contributed by atoms with Crippen molar-refractivity contribution in [3.63, 3.8) is 0 Å². The molecule has 0 spiro atoms. The summed E-state index contributed by atoms with van der Waals surface area (Å²) in [6, 6.07) is 14.2. The molecule has 0 aliphatic rings. The quantitative estimate of drug-likeness (QED) is 0.681. The summed E-state index contributed by atoms with van der Waals surface area (Å²) >= 11 is 0. The average molecular weight is 401 g/mol. The number of amides is 1. The summed E-state index contributed by atoms with van der Waals surface area (Å²) in [5, 5.41) is 2.80. The fourth-order valence-electron chi connectivity index (χ4n) is 3.01. The number of halogens is 1. The van der Waals surface area contributed by atoms with Crippen molar-refractivity contribution < 1.29 is 17.6 Å². The minimum atomic E-state index is -3.36. The molecule has 0 aliphatic carbocycles. The number of carbonyl (C=O) groups excluding carboxylic acids is 1. The van der Waals surface area contributed by atoms with Gasteiger partial charge < -0.3 is 9.88 Å². The molecule has 1 aromatic heterocycles. The lowest BCUT2D eigenvalue weighted by Gasteiger charge is -2.10. The highest BCUT2D eigenvalue weighted by atomic mass is 32.2. The van der Waals surface area contributed by atoms with Crippen LogP contribution in [0.3, 0.4) is 0 Å². The third-order valence-electron chi connectivity index (χ3n) is 4.21. The number of rotatable bonds is 5. The molecule has 0 bridgehead atoms. The van der Waals surface area contributed by atoms with Gasteiger partial charge in [-0.1, -0.05) is 0 Å². The lowest BCUT2D eigenvalue weighted by Crippen LogP contribution is -2.13. The number of sulfonamides is 1. The molecular weight excluding hydrogens is 381 g/mol. The number of hydrogen-bond donors (Lipinski definition) is 2. The van der Waals surface area contributed by atoms with E-state index in [2.05, 4.69) is 10.0 Å². The predicted octanol–water partition coefficient (Wildman–Crippen LogP) is 3.86. The van der Waals surface area contributed by atoms with Crippen molar-refractivity contribution in [1.82, 2.24) is 4.57 Å². The summed E-state index contributed by atoms with van der Waals surface area (Å²) in [5.74, 6) is -0.608. The third kappa shape index (κ3) is 4.40. The van der Waals surface area contributed by atoms with Crippen LogP contribution in [0.4, 0.5) is 15.8 Å². The number of carbonyl (C=O) groups is 1. The summed E-state index contributed by atoms with van der Waals surface area (Å²) < 4.78 is 39.9. The van der Waals surface area contributed by atoms with E-state index in [1.165, 1.54) is 12.1 Å². The second-order valence-electron chi connectivity index (χ2n) is 6.50. The predicted molar refractivity (Wildman–Crippen MR) is 108 cm³/mol. The Morgan fingerprint density at radius 1 is 0.964 bits per heavy atom. The Hall–Kier alpha value is -3.13. The van der Waals surface area contributed by atoms with E-state index in [1.54, 1.807) is 42.5 Å². The molecule has 0 fully saturated rings. The van der Waals surface area contributed by atoms with Gasteiger partial charge in [0, 0.05) is 28.5 Å². The minimum Gasteiger partial charge on any atom is -0.322 e. The maximum Gasteiger partial charge on any atom is 0.257 e. The van der Waals surface area contributed by atoms with Crippen LogP contribution in [0.15, 0.2) is 54.6 Å². The van der Waals surface area contributed by atoms with Gasteiger partial charge in [0.25, 0.3) is 5.91 Å². The van der Waals surface area contributed by atoms with Crippen LogP contribution in [-0.4, -0.2) is 25.1 Å². The van der Waals surface area contributed by atoms with Gasteiger partial charge in [-0.15, -0.1) is 0 Å². The molecule has 1 heterocycles. The first-order chi connectivity index (χ1) is 13.1. The van der Waals surface area contributed by atoms with Crippen molar-refractivity contribution in [2.75, 3.05) is 16.3 Å². The third-order valence-corrected chi connectivity index (χ3v) is 4.81. The standard InChI is InChI=1S/C20H20FN3O3S/c1-13-12-19(14(2)24(13)18-10-4-15(21)5-11-18)20(25)22-16-6-8-17(9-7-16)23-28(3,26)27/h4-12,23H,1-3H3,(H,22,25). The zero-order valence-electron chi connectivity index (χ0n) is 15.7. The van der Waals surface area contributed by atoms with Gasteiger partial charge in [-0.2, -0.15) is 0 Å².